The molecule has 0 saturated heterocycles. The summed E-state index contributed by atoms with van der Waals surface area (Å²) in [5.74, 6) is 0.125. The van der Waals surface area contributed by atoms with Crippen LogP contribution in [0.5, 0.6) is 5.75 Å². The minimum absolute atomic E-state index is 0.0556. The van der Waals surface area contributed by atoms with Gasteiger partial charge in [0.1, 0.15) is 12.4 Å². The molecule has 0 aromatic heterocycles. The molecule has 0 amide bonds. The molecule has 0 spiro atoms. The SMILES string of the molecule is COC(=O)c1cccc(COc2ccc([N+](=O)[O-])c(C)c2)c1. The number of nitro benzene ring substituents is 1. The van der Waals surface area contributed by atoms with Crippen molar-refractivity contribution in [1.29, 1.82) is 0 Å². The molecule has 6 heteroatoms. The van der Waals surface area contributed by atoms with Gasteiger partial charge in [-0.15, -0.1) is 0 Å². The van der Waals surface area contributed by atoms with E-state index in [1.54, 1.807) is 37.3 Å². The predicted octanol–water partition coefficient (Wildman–Crippen LogP) is 3.27. The van der Waals surface area contributed by atoms with Gasteiger partial charge in [0, 0.05) is 11.6 Å². The van der Waals surface area contributed by atoms with Crippen LogP contribution in [0.2, 0.25) is 0 Å². The van der Waals surface area contributed by atoms with E-state index in [1.165, 1.54) is 13.2 Å². The van der Waals surface area contributed by atoms with Gasteiger partial charge in [-0.3, -0.25) is 10.1 Å². The molecule has 6 nitrogen and oxygen atoms in total. The van der Waals surface area contributed by atoms with E-state index in [9.17, 15) is 14.9 Å². The van der Waals surface area contributed by atoms with Crippen LogP contribution < -0.4 is 4.74 Å². The van der Waals surface area contributed by atoms with Crippen molar-refractivity contribution < 1.29 is 19.2 Å². The third-order valence-electron chi connectivity index (χ3n) is 3.12. The van der Waals surface area contributed by atoms with Crippen molar-refractivity contribution >= 4 is 11.7 Å². The fourth-order valence-corrected chi connectivity index (χ4v) is 2.00. The highest BCUT2D eigenvalue weighted by Crippen LogP contribution is 2.23. The second-order valence-electron chi connectivity index (χ2n) is 4.69. The summed E-state index contributed by atoms with van der Waals surface area (Å²) in [5, 5.41) is 10.8. The van der Waals surface area contributed by atoms with Gasteiger partial charge in [-0.2, -0.15) is 0 Å². The van der Waals surface area contributed by atoms with Crippen LogP contribution in [-0.4, -0.2) is 18.0 Å². The molecule has 0 aliphatic heterocycles. The molecular weight excluding hydrogens is 286 g/mol. The Balaban J connectivity index is 2.09. The Kier molecular flexibility index (Phi) is 4.73. The fraction of sp³-hybridized carbons (Fsp3) is 0.188. The first kappa shape index (κ1) is 15.5. The van der Waals surface area contributed by atoms with E-state index in [4.69, 9.17) is 4.74 Å². The van der Waals surface area contributed by atoms with Crippen molar-refractivity contribution in [3.05, 3.63) is 69.3 Å². The van der Waals surface area contributed by atoms with E-state index in [0.29, 0.717) is 16.9 Å². The number of hydrogen-bond acceptors (Lipinski definition) is 5. The Morgan fingerprint density at radius 1 is 1.23 bits per heavy atom. The second-order valence-corrected chi connectivity index (χ2v) is 4.69. The van der Waals surface area contributed by atoms with Crippen LogP contribution in [-0.2, 0) is 11.3 Å². The van der Waals surface area contributed by atoms with E-state index >= 15 is 0 Å². The van der Waals surface area contributed by atoms with Crippen molar-refractivity contribution in [2.24, 2.45) is 0 Å². The maximum absolute atomic E-state index is 11.5. The summed E-state index contributed by atoms with van der Waals surface area (Å²) in [6, 6.07) is 11.5. The molecule has 2 aromatic carbocycles. The molecule has 0 bridgehead atoms. The van der Waals surface area contributed by atoms with Crippen molar-refractivity contribution in [2.45, 2.75) is 13.5 Å². The number of esters is 1. The van der Waals surface area contributed by atoms with Gasteiger partial charge < -0.3 is 9.47 Å². The number of methoxy groups -OCH3 is 1. The van der Waals surface area contributed by atoms with Gasteiger partial charge in [0.15, 0.2) is 0 Å². The highest BCUT2D eigenvalue weighted by atomic mass is 16.6. The lowest BCUT2D eigenvalue weighted by molar-refractivity contribution is -0.385. The molecule has 22 heavy (non-hydrogen) atoms. The van der Waals surface area contributed by atoms with Crippen molar-refractivity contribution in [2.75, 3.05) is 7.11 Å². The maximum atomic E-state index is 11.5. The molecule has 0 N–H and O–H groups in total. The van der Waals surface area contributed by atoms with Gasteiger partial charge in [-0.05, 0) is 36.8 Å². The number of hydrogen-bond donors (Lipinski definition) is 0. The minimum atomic E-state index is -0.432. The van der Waals surface area contributed by atoms with E-state index < -0.39 is 10.9 Å². The highest BCUT2D eigenvalue weighted by Gasteiger charge is 2.11. The molecule has 0 fully saturated rings. The molecule has 0 aliphatic rings. The van der Waals surface area contributed by atoms with Gasteiger partial charge in [0.2, 0.25) is 0 Å². The fourth-order valence-electron chi connectivity index (χ4n) is 2.00. The average molecular weight is 301 g/mol. The minimum Gasteiger partial charge on any atom is -0.489 e. The summed E-state index contributed by atoms with van der Waals surface area (Å²) in [6.07, 6.45) is 0. The van der Waals surface area contributed by atoms with Crippen LogP contribution in [0.1, 0.15) is 21.5 Å². The van der Waals surface area contributed by atoms with E-state index in [-0.39, 0.29) is 12.3 Å². The Bertz CT molecular complexity index is 711. The summed E-state index contributed by atoms with van der Waals surface area (Å²) in [5.41, 5.74) is 1.84. The number of nitrogens with zero attached hydrogens (tertiary/aromatic N) is 1. The summed E-state index contributed by atoms with van der Waals surface area (Å²) < 4.78 is 10.3. The first-order chi connectivity index (χ1) is 10.5. The number of carbonyl (C=O) groups excluding carboxylic acids is 1. The smallest absolute Gasteiger partial charge is 0.337 e. The van der Waals surface area contributed by atoms with Crippen LogP contribution in [0.4, 0.5) is 5.69 Å². The third kappa shape index (κ3) is 3.60. The molecule has 0 atom stereocenters. The molecule has 2 aromatic rings. The molecule has 0 radical (unpaired) electrons. The van der Waals surface area contributed by atoms with Crippen LogP contribution in [0.3, 0.4) is 0 Å². The van der Waals surface area contributed by atoms with Crippen LogP contribution in [0, 0.1) is 17.0 Å². The van der Waals surface area contributed by atoms with E-state index in [0.717, 1.165) is 5.56 Å². The monoisotopic (exact) mass is 301 g/mol. The van der Waals surface area contributed by atoms with Crippen molar-refractivity contribution in [3.8, 4) is 5.75 Å². The van der Waals surface area contributed by atoms with Crippen molar-refractivity contribution in [1.82, 2.24) is 0 Å². The topological polar surface area (TPSA) is 78.7 Å². The highest BCUT2D eigenvalue weighted by molar-refractivity contribution is 5.89. The molecule has 114 valence electrons. The molecule has 0 heterocycles. The first-order valence-corrected chi connectivity index (χ1v) is 6.56. The molecular formula is C16H15NO5. The van der Waals surface area contributed by atoms with Crippen LogP contribution >= 0.6 is 0 Å². The standard InChI is InChI=1S/C16H15NO5/c1-11-8-14(6-7-15(11)17(19)20)22-10-12-4-3-5-13(9-12)16(18)21-2/h3-9H,10H2,1-2H3. The van der Waals surface area contributed by atoms with Crippen LogP contribution in [0.25, 0.3) is 0 Å². The zero-order valence-electron chi connectivity index (χ0n) is 12.2. The zero-order chi connectivity index (χ0) is 16.1. The largest absolute Gasteiger partial charge is 0.489 e. The maximum Gasteiger partial charge on any atom is 0.337 e. The van der Waals surface area contributed by atoms with Crippen molar-refractivity contribution in [3.63, 3.8) is 0 Å². The number of carbonyl (C=O) groups is 1. The summed E-state index contributed by atoms with van der Waals surface area (Å²) >= 11 is 0. The normalized spacial score (nSPS) is 10.1. The van der Waals surface area contributed by atoms with Gasteiger partial charge in [-0.25, -0.2) is 4.79 Å². The first-order valence-electron chi connectivity index (χ1n) is 6.56. The Labute approximate surface area is 127 Å². The predicted molar refractivity (Wildman–Crippen MR) is 79.9 cm³/mol. The third-order valence-corrected chi connectivity index (χ3v) is 3.12. The van der Waals surface area contributed by atoms with Gasteiger partial charge >= 0.3 is 5.97 Å². The number of ether oxygens (including phenoxy) is 2. The Morgan fingerprint density at radius 2 is 2.00 bits per heavy atom. The zero-order valence-corrected chi connectivity index (χ0v) is 12.2. The lowest BCUT2D eigenvalue weighted by atomic mass is 10.1. The van der Waals surface area contributed by atoms with Gasteiger partial charge in [-0.1, -0.05) is 12.1 Å². The van der Waals surface area contributed by atoms with Crippen LogP contribution in [0.15, 0.2) is 42.5 Å². The van der Waals surface area contributed by atoms with E-state index in [2.05, 4.69) is 4.74 Å². The number of rotatable bonds is 5. The van der Waals surface area contributed by atoms with Gasteiger partial charge in [0.25, 0.3) is 5.69 Å². The average Bonchev–Trinajstić information content (AvgIpc) is 2.52. The number of benzene rings is 2. The quantitative estimate of drug-likeness (QED) is 0.481. The molecule has 0 unspecified atom stereocenters. The summed E-state index contributed by atoms with van der Waals surface area (Å²) in [4.78, 5) is 21.8. The number of nitro groups is 1. The lowest BCUT2D eigenvalue weighted by Crippen LogP contribution is -2.03. The van der Waals surface area contributed by atoms with E-state index in [1.807, 2.05) is 6.07 Å². The Morgan fingerprint density at radius 3 is 2.64 bits per heavy atom. The molecule has 0 saturated carbocycles. The Hall–Kier alpha value is -2.89. The summed E-state index contributed by atoms with van der Waals surface area (Å²) in [6.45, 7) is 1.91. The molecule has 0 aliphatic carbocycles. The second kappa shape index (κ2) is 6.71. The number of aryl methyl sites for hydroxylation is 1. The summed E-state index contributed by atoms with van der Waals surface area (Å²) in [7, 11) is 1.32. The van der Waals surface area contributed by atoms with Gasteiger partial charge in [0.05, 0.1) is 17.6 Å². The lowest BCUT2D eigenvalue weighted by Gasteiger charge is -2.08. The molecule has 2 rings (SSSR count).